The van der Waals surface area contributed by atoms with Crippen LogP contribution in [0.25, 0.3) is 0 Å². The highest BCUT2D eigenvalue weighted by Gasteiger charge is 2.16. The first-order valence-corrected chi connectivity index (χ1v) is 8.15. The van der Waals surface area contributed by atoms with Crippen LogP contribution in [0.4, 0.5) is 4.39 Å². The number of carbonyl (C=O) groups is 1. The second-order valence-electron chi connectivity index (χ2n) is 5.80. The Hall–Kier alpha value is -2.43. The average Bonchev–Trinajstić information content (AvgIpc) is 2.57. The summed E-state index contributed by atoms with van der Waals surface area (Å²) >= 11 is 0. The van der Waals surface area contributed by atoms with E-state index in [0.29, 0.717) is 18.7 Å². The van der Waals surface area contributed by atoms with Crippen LogP contribution in [-0.4, -0.2) is 35.0 Å². The molecule has 128 valence electrons. The smallest absolute Gasteiger partial charge is 0.253 e. The first-order chi connectivity index (χ1) is 11.5. The average molecular weight is 330 g/mol. The van der Waals surface area contributed by atoms with Crippen LogP contribution in [0.5, 0.6) is 5.75 Å². The first-order valence-electron chi connectivity index (χ1n) is 8.15. The molecular weight excluding hydrogens is 307 g/mol. The molecule has 0 fully saturated rings. The quantitative estimate of drug-likeness (QED) is 0.777. The van der Waals surface area contributed by atoms with E-state index in [4.69, 9.17) is 4.74 Å². The van der Waals surface area contributed by atoms with Gasteiger partial charge in [0.15, 0.2) is 11.6 Å². The second kappa shape index (κ2) is 8.43. The van der Waals surface area contributed by atoms with Crippen molar-refractivity contribution < 1.29 is 13.9 Å². The molecule has 24 heavy (non-hydrogen) atoms. The first kappa shape index (κ1) is 17.9. The molecule has 1 amide bonds. The zero-order valence-electron chi connectivity index (χ0n) is 14.3. The monoisotopic (exact) mass is 330 g/mol. The highest BCUT2D eigenvalue weighted by molar-refractivity contribution is 5.94. The number of carbonyl (C=O) groups excluding carboxylic acids is 1. The van der Waals surface area contributed by atoms with E-state index >= 15 is 0 Å². The number of pyridine rings is 1. The van der Waals surface area contributed by atoms with Crippen molar-refractivity contribution >= 4 is 5.91 Å². The summed E-state index contributed by atoms with van der Waals surface area (Å²) in [5.41, 5.74) is 1.45. The number of ether oxygens (including phenoxy) is 1. The Kier molecular flexibility index (Phi) is 6.29. The molecule has 0 radical (unpaired) electrons. The van der Waals surface area contributed by atoms with Gasteiger partial charge in [-0.05, 0) is 63.1 Å². The van der Waals surface area contributed by atoms with E-state index in [1.54, 1.807) is 23.4 Å². The fourth-order valence-electron chi connectivity index (χ4n) is 2.38. The van der Waals surface area contributed by atoms with Crippen LogP contribution in [0.3, 0.4) is 0 Å². The largest absolute Gasteiger partial charge is 0.488 e. The normalized spacial score (nSPS) is 10.7. The number of rotatable bonds is 7. The molecule has 5 heteroatoms. The van der Waals surface area contributed by atoms with Crippen molar-refractivity contribution in [2.75, 3.05) is 13.1 Å². The standard InChI is InChI=1S/C19H23FN2O2/c1-4-22(12-9-15-7-10-21-11-8-15)19(23)16-5-6-18(17(20)13-16)24-14(2)3/h5-8,10-11,13-14H,4,9,12H2,1-3H3. The minimum Gasteiger partial charge on any atom is -0.488 e. The fourth-order valence-corrected chi connectivity index (χ4v) is 2.38. The van der Waals surface area contributed by atoms with Crippen molar-refractivity contribution in [1.29, 1.82) is 0 Å². The minimum atomic E-state index is -0.514. The number of halogens is 1. The topological polar surface area (TPSA) is 42.4 Å². The summed E-state index contributed by atoms with van der Waals surface area (Å²) in [5, 5.41) is 0. The third-order valence-electron chi connectivity index (χ3n) is 3.63. The van der Waals surface area contributed by atoms with Crippen molar-refractivity contribution in [2.24, 2.45) is 0 Å². The molecule has 1 heterocycles. The van der Waals surface area contributed by atoms with E-state index in [9.17, 15) is 9.18 Å². The van der Waals surface area contributed by atoms with Crippen LogP contribution in [0.15, 0.2) is 42.7 Å². The fraction of sp³-hybridized carbons (Fsp3) is 0.368. The number of likely N-dealkylation sites (N-methyl/N-ethyl adjacent to an activating group) is 1. The SMILES string of the molecule is CCN(CCc1ccncc1)C(=O)c1ccc(OC(C)C)c(F)c1. The number of nitrogens with zero attached hydrogens (tertiary/aromatic N) is 2. The maximum atomic E-state index is 14.1. The number of aromatic nitrogens is 1. The zero-order chi connectivity index (χ0) is 17.5. The van der Waals surface area contributed by atoms with Gasteiger partial charge in [-0.25, -0.2) is 4.39 Å². The van der Waals surface area contributed by atoms with Crippen molar-refractivity contribution in [3.63, 3.8) is 0 Å². The van der Waals surface area contributed by atoms with Gasteiger partial charge < -0.3 is 9.64 Å². The minimum absolute atomic E-state index is 0.117. The summed E-state index contributed by atoms with van der Waals surface area (Å²) in [6.45, 7) is 6.71. The molecule has 1 aromatic carbocycles. The van der Waals surface area contributed by atoms with Gasteiger partial charge in [-0.1, -0.05) is 0 Å². The summed E-state index contributed by atoms with van der Waals surface area (Å²) in [5.74, 6) is -0.525. The predicted molar refractivity (Wildman–Crippen MR) is 91.7 cm³/mol. The van der Waals surface area contributed by atoms with Gasteiger partial charge in [0.1, 0.15) is 0 Å². The third kappa shape index (κ3) is 4.78. The van der Waals surface area contributed by atoms with Crippen molar-refractivity contribution in [3.05, 3.63) is 59.7 Å². The van der Waals surface area contributed by atoms with Crippen LogP contribution in [0.1, 0.15) is 36.7 Å². The number of hydrogen-bond acceptors (Lipinski definition) is 3. The van der Waals surface area contributed by atoms with Gasteiger partial charge in [0.05, 0.1) is 6.10 Å². The molecule has 0 spiro atoms. The lowest BCUT2D eigenvalue weighted by molar-refractivity contribution is 0.0765. The highest BCUT2D eigenvalue weighted by atomic mass is 19.1. The molecule has 0 aliphatic heterocycles. The van der Waals surface area contributed by atoms with E-state index in [0.717, 1.165) is 12.0 Å². The van der Waals surface area contributed by atoms with Crippen LogP contribution in [0, 0.1) is 5.82 Å². The van der Waals surface area contributed by atoms with Gasteiger partial charge in [-0.15, -0.1) is 0 Å². The Balaban J connectivity index is 2.06. The van der Waals surface area contributed by atoms with E-state index < -0.39 is 5.82 Å². The maximum Gasteiger partial charge on any atom is 0.253 e. The van der Waals surface area contributed by atoms with Gasteiger partial charge in [-0.2, -0.15) is 0 Å². The van der Waals surface area contributed by atoms with Crippen LogP contribution < -0.4 is 4.74 Å². The van der Waals surface area contributed by atoms with Gasteiger partial charge in [0, 0.05) is 31.0 Å². The Morgan fingerprint density at radius 3 is 2.54 bits per heavy atom. The second-order valence-corrected chi connectivity index (χ2v) is 5.80. The van der Waals surface area contributed by atoms with E-state index in [-0.39, 0.29) is 17.8 Å². The van der Waals surface area contributed by atoms with E-state index in [1.165, 1.54) is 12.1 Å². The van der Waals surface area contributed by atoms with Gasteiger partial charge in [0.2, 0.25) is 0 Å². The maximum absolute atomic E-state index is 14.1. The zero-order valence-corrected chi connectivity index (χ0v) is 14.3. The summed E-state index contributed by atoms with van der Waals surface area (Å²) in [6.07, 6.45) is 4.08. The molecule has 1 aromatic heterocycles. The van der Waals surface area contributed by atoms with E-state index in [2.05, 4.69) is 4.98 Å². The Bertz CT molecular complexity index is 674. The third-order valence-corrected chi connectivity index (χ3v) is 3.63. The summed E-state index contributed by atoms with van der Waals surface area (Å²) in [6, 6.07) is 8.22. The lowest BCUT2D eigenvalue weighted by atomic mass is 10.1. The summed E-state index contributed by atoms with van der Waals surface area (Å²) in [4.78, 5) is 18.3. The highest BCUT2D eigenvalue weighted by Crippen LogP contribution is 2.20. The van der Waals surface area contributed by atoms with Gasteiger partial charge >= 0.3 is 0 Å². The van der Waals surface area contributed by atoms with Crippen molar-refractivity contribution in [2.45, 2.75) is 33.3 Å². The molecule has 0 saturated carbocycles. The molecule has 0 saturated heterocycles. The summed E-state index contributed by atoms with van der Waals surface area (Å²) < 4.78 is 19.5. The lowest BCUT2D eigenvalue weighted by Gasteiger charge is -2.21. The molecule has 0 atom stereocenters. The van der Waals surface area contributed by atoms with Crippen LogP contribution >= 0.6 is 0 Å². The summed E-state index contributed by atoms with van der Waals surface area (Å²) in [7, 11) is 0. The molecule has 0 N–H and O–H groups in total. The van der Waals surface area contributed by atoms with Crippen LogP contribution in [0.2, 0.25) is 0 Å². The molecule has 0 bridgehead atoms. The molecule has 0 aliphatic rings. The molecule has 2 rings (SSSR count). The van der Waals surface area contributed by atoms with Gasteiger partial charge in [0.25, 0.3) is 5.91 Å². The van der Waals surface area contributed by atoms with Gasteiger partial charge in [-0.3, -0.25) is 9.78 Å². The Morgan fingerprint density at radius 2 is 1.96 bits per heavy atom. The van der Waals surface area contributed by atoms with Crippen molar-refractivity contribution in [3.8, 4) is 5.75 Å². The molecule has 0 unspecified atom stereocenters. The Labute approximate surface area is 142 Å². The lowest BCUT2D eigenvalue weighted by Crippen LogP contribution is -2.32. The molecule has 4 nitrogen and oxygen atoms in total. The number of amides is 1. The van der Waals surface area contributed by atoms with Crippen molar-refractivity contribution in [1.82, 2.24) is 9.88 Å². The molecule has 2 aromatic rings. The molecule has 0 aliphatic carbocycles. The Morgan fingerprint density at radius 1 is 1.25 bits per heavy atom. The molecular formula is C19H23FN2O2. The van der Waals surface area contributed by atoms with E-state index in [1.807, 2.05) is 32.9 Å². The predicted octanol–water partition coefficient (Wildman–Crippen LogP) is 3.71. The number of hydrogen-bond donors (Lipinski definition) is 0. The van der Waals surface area contributed by atoms with Crippen LogP contribution in [-0.2, 0) is 6.42 Å². The number of benzene rings is 1.